The zero-order valence-corrected chi connectivity index (χ0v) is 17.3. The van der Waals surface area contributed by atoms with Gasteiger partial charge in [0, 0.05) is 54.6 Å². The van der Waals surface area contributed by atoms with Crippen LogP contribution in [0.4, 0.5) is 14.5 Å². The molecule has 0 amide bonds. The summed E-state index contributed by atoms with van der Waals surface area (Å²) in [7, 11) is 0. The number of Topliss-reactive ketones (excluding diaryl/α,β-unsaturated/α-hetero) is 1. The topological polar surface area (TPSA) is 72.1 Å². The number of piperidine rings is 1. The molecule has 2 unspecified atom stereocenters. The number of thiazole rings is 1. The Kier molecular flexibility index (Phi) is 5.87. The molecule has 0 bridgehead atoms. The number of benzene rings is 1. The summed E-state index contributed by atoms with van der Waals surface area (Å²) >= 11 is 1.05. The van der Waals surface area contributed by atoms with Gasteiger partial charge < -0.3 is 10.6 Å². The molecule has 5 nitrogen and oxygen atoms in total. The van der Waals surface area contributed by atoms with Crippen LogP contribution in [-0.4, -0.2) is 34.9 Å². The maximum atomic E-state index is 14.0. The fourth-order valence-electron chi connectivity index (χ4n) is 3.94. The molecule has 1 aromatic carbocycles. The van der Waals surface area contributed by atoms with Gasteiger partial charge in [0.1, 0.15) is 22.3 Å². The van der Waals surface area contributed by atoms with Crippen LogP contribution in [0.1, 0.15) is 29.4 Å². The van der Waals surface area contributed by atoms with Crippen LogP contribution in [0.5, 0.6) is 0 Å². The number of hydrogen-bond donors (Lipinski definition) is 1. The molecule has 1 fully saturated rings. The van der Waals surface area contributed by atoms with Gasteiger partial charge in [0.2, 0.25) is 0 Å². The molecule has 2 aromatic heterocycles. The largest absolute Gasteiger partial charge is 0.369 e. The fraction of sp³-hybridized carbons (Fsp3) is 0.318. The van der Waals surface area contributed by atoms with Crippen LogP contribution in [0.15, 0.2) is 42.0 Å². The number of nitrogens with two attached hydrogens (primary N) is 1. The molecule has 0 aliphatic carbocycles. The lowest BCUT2D eigenvalue weighted by Gasteiger charge is -2.37. The maximum Gasteiger partial charge on any atom is 0.186 e. The number of carbonyl (C=O) groups is 1. The second kappa shape index (κ2) is 8.57. The summed E-state index contributed by atoms with van der Waals surface area (Å²) in [5.41, 5.74) is 7.89. The van der Waals surface area contributed by atoms with Crippen LogP contribution >= 0.6 is 11.3 Å². The summed E-state index contributed by atoms with van der Waals surface area (Å²) in [5, 5.41) is 1.69. The first kappa shape index (κ1) is 20.6. The van der Waals surface area contributed by atoms with Crippen LogP contribution in [0.3, 0.4) is 0 Å². The molecule has 4 rings (SSSR count). The molecular formula is C22H22F2N4OS. The number of rotatable bonds is 5. The Balaban J connectivity index is 1.57. The van der Waals surface area contributed by atoms with Crippen LogP contribution in [-0.2, 0) is 6.42 Å². The van der Waals surface area contributed by atoms with E-state index in [2.05, 4.69) is 21.8 Å². The van der Waals surface area contributed by atoms with Gasteiger partial charge in [-0.3, -0.25) is 9.78 Å². The lowest BCUT2D eigenvalue weighted by atomic mass is 9.95. The average Bonchev–Trinajstić information content (AvgIpc) is 3.17. The molecule has 3 aromatic rings. The molecule has 156 valence electrons. The number of aromatic nitrogens is 2. The highest BCUT2D eigenvalue weighted by Gasteiger charge is 2.25. The predicted molar refractivity (Wildman–Crippen MR) is 114 cm³/mol. The third kappa shape index (κ3) is 4.24. The second-order valence-electron chi connectivity index (χ2n) is 7.74. The number of ketones is 1. The van der Waals surface area contributed by atoms with E-state index in [0.29, 0.717) is 5.92 Å². The second-order valence-corrected chi connectivity index (χ2v) is 8.60. The highest BCUT2D eigenvalue weighted by Crippen LogP contribution is 2.30. The first-order chi connectivity index (χ1) is 14.4. The molecule has 3 heterocycles. The summed E-state index contributed by atoms with van der Waals surface area (Å²) in [5.74, 6) is -1.16. The highest BCUT2D eigenvalue weighted by atomic mass is 32.1. The average molecular weight is 429 g/mol. The molecule has 2 N–H and O–H groups in total. The van der Waals surface area contributed by atoms with Gasteiger partial charge in [0.05, 0.1) is 5.56 Å². The van der Waals surface area contributed by atoms with Crippen molar-refractivity contribution in [3.05, 3.63) is 64.9 Å². The van der Waals surface area contributed by atoms with Crippen LogP contribution in [0.25, 0.3) is 10.6 Å². The Morgan fingerprint density at radius 1 is 1.27 bits per heavy atom. The SMILES string of the molecule is CC1CC(N)CN(c2ccncc2CC(=O)c2csc(-c3c(F)cccc3F)n2)C1. The van der Waals surface area contributed by atoms with E-state index in [-0.39, 0.29) is 34.5 Å². The quantitative estimate of drug-likeness (QED) is 0.620. The van der Waals surface area contributed by atoms with Crippen molar-refractivity contribution in [3.63, 3.8) is 0 Å². The monoisotopic (exact) mass is 428 g/mol. The standard InChI is InChI=1S/C22H22F2N4OS/c1-13-7-15(25)11-28(10-13)19-5-6-26-9-14(19)8-20(29)18-12-30-22(27-18)21-16(23)3-2-4-17(21)24/h2-6,9,12-13,15H,7-8,10-11,25H2,1H3. The number of halogens is 2. The van der Waals surface area contributed by atoms with Gasteiger partial charge in [0.25, 0.3) is 0 Å². The van der Waals surface area contributed by atoms with Gasteiger partial charge in [-0.1, -0.05) is 13.0 Å². The Morgan fingerprint density at radius 2 is 2.03 bits per heavy atom. The van der Waals surface area contributed by atoms with Gasteiger partial charge in [-0.15, -0.1) is 11.3 Å². The summed E-state index contributed by atoms with van der Waals surface area (Å²) in [6, 6.07) is 5.63. The molecule has 2 atom stereocenters. The van der Waals surface area contributed by atoms with Crippen LogP contribution < -0.4 is 10.6 Å². The van der Waals surface area contributed by atoms with Crippen LogP contribution in [0.2, 0.25) is 0 Å². The lowest BCUT2D eigenvalue weighted by Crippen LogP contribution is -2.46. The molecule has 1 aliphatic rings. The number of hydrogen-bond acceptors (Lipinski definition) is 6. The van der Waals surface area contributed by atoms with E-state index in [1.54, 1.807) is 17.8 Å². The number of carbonyl (C=O) groups excluding carboxylic acids is 1. The first-order valence-corrected chi connectivity index (χ1v) is 10.7. The van der Waals surface area contributed by atoms with Gasteiger partial charge in [0.15, 0.2) is 5.78 Å². The van der Waals surface area contributed by atoms with Gasteiger partial charge in [-0.05, 0) is 30.5 Å². The minimum Gasteiger partial charge on any atom is -0.369 e. The number of anilines is 1. The summed E-state index contributed by atoms with van der Waals surface area (Å²) in [6.45, 7) is 3.76. The molecule has 1 aliphatic heterocycles. The van der Waals surface area contributed by atoms with E-state index < -0.39 is 11.6 Å². The third-order valence-corrected chi connectivity index (χ3v) is 6.09. The van der Waals surface area contributed by atoms with Gasteiger partial charge in [-0.25, -0.2) is 13.8 Å². The van der Waals surface area contributed by atoms with Crippen molar-refractivity contribution in [2.75, 3.05) is 18.0 Å². The smallest absolute Gasteiger partial charge is 0.186 e. The van der Waals surface area contributed by atoms with Crippen molar-refractivity contribution in [1.82, 2.24) is 9.97 Å². The summed E-state index contributed by atoms with van der Waals surface area (Å²) in [6.07, 6.45) is 4.47. The zero-order valence-electron chi connectivity index (χ0n) is 16.5. The van der Waals surface area contributed by atoms with E-state index in [4.69, 9.17) is 5.73 Å². The van der Waals surface area contributed by atoms with Crippen molar-refractivity contribution in [2.24, 2.45) is 11.7 Å². The molecule has 30 heavy (non-hydrogen) atoms. The Labute approximate surface area is 177 Å². The van der Waals surface area contributed by atoms with Gasteiger partial charge in [-0.2, -0.15) is 0 Å². The van der Waals surface area contributed by atoms with E-state index in [0.717, 1.165) is 42.1 Å². The van der Waals surface area contributed by atoms with E-state index in [9.17, 15) is 13.6 Å². The van der Waals surface area contributed by atoms with E-state index >= 15 is 0 Å². The molecular weight excluding hydrogens is 406 g/mol. The third-order valence-electron chi connectivity index (χ3n) is 5.23. The van der Waals surface area contributed by atoms with Crippen molar-refractivity contribution in [1.29, 1.82) is 0 Å². The van der Waals surface area contributed by atoms with Crippen molar-refractivity contribution in [3.8, 4) is 10.6 Å². The fourth-order valence-corrected chi connectivity index (χ4v) is 4.81. The summed E-state index contributed by atoms with van der Waals surface area (Å²) in [4.78, 5) is 23.5. The van der Waals surface area contributed by atoms with E-state index in [1.165, 1.54) is 18.2 Å². The molecule has 1 saturated heterocycles. The minimum absolute atomic E-state index is 0.0854. The first-order valence-electron chi connectivity index (χ1n) is 9.79. The minimum atomic E-state index is -0.701. The molecule has 8 heteroatoms. The number of pyridine rings is 1. The highest BCUT2D eigenvalue weighted by molar-refractivity contribution is 7.13. The van der Waals surface area contributed by atoms with Crippen molar-refractivity contribution < 1.29 is 13.6 Å². The Hall–Kier alpha value is -2.71. The predicted octanol–water partition coefficient (Wildman–Crippen LogP) is 4.08. The molecule has 0 saturated carbocycles. The number of nitrogens with zero attached hydrogens (tertiary/aromatic N) is 3. The Morgan fingerprint density at radius 3 is 2.77 bits per heavy atom. The van der Waals surface area contributed by atoms with Gasteiger partial charge >= 0.3 is 0 Å². The van der Waals surface area contributed by atoms with Crippen molar-refractivity contribution in [2.45, 2.75) is 25.8 Å². The van der Waals surface area contributed by atoms with E-state index in [1.807, 2.05) is 6.07 Å². The summed E-state index contributed by atoms with van der Waals surface area (Å²) < 4.78 is 28.1. The molecule has 0 spiro atoms. The molecule has 0 radical (unpaired) electrons. The maximum absolute atomic E-state index is 14.0. The van der Waals surface area contributed by atoms with Crippen LogP contribution in [0, 0.1) is 17.6 Å². The Bertz CT molecular complexity index is 1040. The van der Waals surface area contributed by atoms with Crippen molar-refractivity contribution >= 4 is 22.8 Å². The lowest BCUT2D eigenvalue weighted by molar-refractivity contribution is 0.0989. The zero-order chi connectivity index (χ0) is 21.3. The normalized spacial score (nSPS) is 19.1.